The predicted octanol–water partition coefficient (Wildman–Crippen LogP) is 17.3. The van der Waals surface area contributed by atoms with E-state index in [1.165, 1.54) is 11.1 Å². The molecule has 3 N–H and O–H groups in total. The highest BCUT2D eigenvalue weighted by Gasteiger charge is 2.62. The number of carbonyl (C=O) groups excluding carboxylic acids is 3. The minimum Gasteiger partial charge on any atom is -0.492 e. The normalized spacial score (nSPS) is 13.2. The van der Waals surface area contributed by atoms with Crippen LogP contribution in [0.2, 0.25) is 30.2 Å². The lowest BCUT2D eigenvalue weighted by Gasteiger charge is -2.48. The van der Waals surface area contributed by atoms with Gasteiger partial charge in [0.05, 0.1) is 0 Å². The summed E-state index contributed by atoms with van der Waals surface area (Å²) in [6.07, 6.45) is 2.54. The molecule has 0 fully saturated rings. The lowest BCUT2D eigenvalue weighted by Crippen LogP contribution is -2.60. The van der Waals surface area contributed by atoms with Crippen molar-refractivity contribution in [1.82, 2.24) is 5.32 Å². The van der Waals surface area contributed by atoms with Gasteiger partial charge in [-0.3, -0.25) is 9.59 Å². The molecule has 6 aromatic carbocycles. The molecule has 11 nitrogen and oxygen atoms in total. The Hall–Kier alpha value is -5.98. The molecule has 0 radical (unpaired) electrons. The Labute approximate surface area is 534 Å². The number of amides is 1. The van der Waals surface area contributed by atoms with Crippen LogP contribution in [0.1, 0.15) is 158 Å². The predicted molar refractivity (Wildman–Crippen MR) is 369 cm³/mol. The third kappa shape index (κ3) is 23.8. The van der Waals surface area contributed by atoms with Crippen LogP contribution in [0, 0.1) is 0 Å². The molecule has 0 aliphatic rings. The van der Waals surface area contributed by atoms with Crippen LogP contribution in [-0.2, 0) is 75.2 Å². The molecule has 14 heteroatoms. The zero-order valence-corrected chi connectivity index (χ0v) is 59.8. The third-order valence-corrected chi connectivity index (χ3v) is 29.1. The number of nitrogens with one attached hydrogen (secondary N) is 1. The van der Waals surface area contributed by atoms with E-state index < -0.39 is 60.4 Å². The summed E-state index contributed by atoms with van der Waals surface area (Å²) < 4.78 is 37.8. The molecule has 0 unspecified atom stereocenters. The van der Waals surface area contributed by atoms with Gasteiger partial charge in [-0.05, 0) is 69.1 Å². The maximum absolute atomic E-state index is 14.0. The molecule has 6 aromatic rings. The summed E-state index contributed by atoms with van der Waals surface area (Å²) in [6.45, 7) is 40.8. The summed E-state index contributed by atoms with van der Waals surface area (Å²) in [5.41, 5.74) is 12.8. The van der Waals surface area contributed by atoms with E-state index in [1.54, 1.807) is 0 Å². The smallest absolute Gasteiger partial charge is 0.412 e. The van der Waals surface area contributed by atoms with Crippen LogP contribution in [-0.4, -0.2) is 76.1 Å². The Kier molecular flexibility index (Phi) is 28.5. The Balaban J connectivity index is 0.000000303. The summed E-state index contributed by atoms with van der Waals surface area (Å²) in [5.74, 6) is -0.896. The molecule has 1 amide bonds. The summed E-state index contributed by atoms with van der Waals surface area (Å²) >= 11 is 0. The van der Waals surface area contributed by atoms with Crippen molar-refractivity contribution >= 4 is 44.2 Å². The Morgan fingerprint density at radius 1 is 0.409 bits per heavy atom. The maximum Gasteiger partial charge on any atom is 0.412 e. The number of rotatable bonds is 23. The number of benzene rings is 6. The lowest BCUT2D eigenvalue weighted by molar-refractivity contribution is -0.140. The van der Waals surface area contributed by atoms with E-state index in [-0.39, 0.29) is 29.1 Å². The molecule has 0 bridgehead atoms. The molecular formula is C74H108N2O9Si3. The van der Waals surface area contributed by atoms with E-state index in [0.717, 1.165) is 41.7 Å². The van der Waals surface area contributed by atoms with Crippen LogP contribution in [0.25, 0.3) is 0 Å². The Morgan fingerprint density at radius 2 is 0.705 bits per heavy atom. The maximum atomic E-state index is 14.0. The molecule has 0 spiro atoms. The van der Waals surface area contributed by atoms with Gasteiger partial charge in [0.2, 0.25) is 0 Å². The summed E-state index contributed by atoms with van der Waals surface area (Å²) in [4.78, 5) is 39.9. The summed E-state index contributed by atoms with van der Waals surface area (Å²) in [6, 6.07) is 58.1. The van der Waals surface area contributed by atoms with Crippen LogP contribution in [0.15, 0.2) is 182 Å². The van der Waals surface area contributed by atoms with Gasteiger partial charge in [0, 0.05) is 46.4 Å². The van der Waals surface area contributed by atoms with Gasteiger partial charge in [0.15, 0.2) is 9.04 Å². The van der Waals surface area contributed by atoms with E-state index in [4.69, 9.17) is 32.6 Å². The molecule has 0 saturated carbocycles. The van der Waals surface area contributed by atoms with Gasteiger partial charge in [0.25, 0.3) is 0 Å². The van der Waals surface area contributed by atoms with Gasteiger partial charge in [-0.25, -0.2) is 4.79 Å². The van der Waals surface area contributed by atoms with Crippen LogP contribution in [0.3, 0.4) is 0 Å². The number of alkyl carbamates (subject to hydrolysis) is 1. The molecule has 0 aliphatic heterocycles. The lowest BCUT2D eigenvalue weighted by atomic mass is 10.1. The molecule has 6 rings (SSSR count). The van der Waals surface area contributed by atoms with Gasteiger partial charge >= 0.3 is 35.2 Å². The molecule has 0 heterocycles. The van der Waals surface area contributed by atoms with Crippen molar-refractivity contribution in [2.75, 3.05) is 19.8 Å². The van der Waals surface area contributed by atoms with Crippen molar-refractivity contribution in [1.29, 1.82) is 0 Å². The molecule has 0 saturated heterocycles. The highest BCUT2D eigenvalue weighted by molar-refractivity contribution is 6.75. The molecule has 88 heavy (non-hydrogen) atoms. The Morgan fingerprint density at radius 3 is 1.03 bits per heavy atom. The fourth-order valence-corrected chi connectivity index (χ4v) is 24.9. The standard InChI is InChI=1S/C33H43NO5Si.C25H37NO3Si.C16H28OSi/c1-32(2,3)40(33(4,5)6,38-23-22-26-16-10-7-11-17-26)39-30(35)29(24-27-18-12-8-13-19-27)34-31(36)37-25-28-20-14-9-15-21-28;1-24(2,3)30(25(4,5)6,28-18-17-20-13-9-7-10-14-20)29-23(27)22(26)19-21-15-11-8-12-16-21;1-15(2,3)18(16(4,5)6)17-13-12-14-10-8-7-9-11-14/h7-21,29H,22-25H2,1-6H3,(H,34,36);7-16,22H,17-19,26H2,1-6H3;7-11,18H,12-13H2,1-6H3/t29-;22-;/m00./s1. The van der Waals surface area contributed by atoms with Crippen molar-refractivity contribution in [3.8, 4) is 0 Å². The van der Waals surface area contributed by atoms with Gasteiger partial charge in [-0.15, -0.1) is 0 Å². The zero-order valence-electron chi connectivity index (χ0n) is 56.7. The molecule has 0 aromatic heterocycles. The van der Waals surface area contributed by atoms with Gasteiger partial charge in [-0.2, -0.15) is 0 Å². The van der Waals surface area contributed by atoms with Crippen molar-refractivity contribution < 1.29 is 41.3 Å². The zero-order chi connectivity index (χ0) is 65.5. The summed E-state index contributed by atoms with van der Waals surface area (Å²) in [7, 11) is -7.54. The molecule has 480 valence electrons. The monoisotopic (exact) mass is 1250 g/mol. The number of hydrogen-bond acceptors (Lipinski definition) is 10. The van der Waals surface area contributed by atoms with Gasteiger partial charge < -0.3 is 37.9 Å². The highest BCUT2D eigenvalue weighted by Crippen LogP contribution is 2.54. The quantitative estimate of drug-likeness (QED) is 0.0595. The second-order valence-corrected chi connectivity index (χ2v) is 43.2. The van der Waals surface area contributed by atoms with Crippen molar-refractivity contribution in [2.24, 2.45) is 5.73 Å². The van der Waals surface area contributed by atoms with Crippen molar-refractivity contribution in [2.45, 2.75) is 206 Å². The second-order valence-electron chi connectivity index (χ2n) is 29.2. The van der Waals surface area contributed by atoms with Gasteiger partial charge in [-0.1, -0.05) is 307 Å². The van der Waals surface area contributed by atoms with E-state index in [0.29, 0.717) is 36.1 Å². The van der Waals surface area contributed by atoms with Crippen LogP contribution in [0.5, 0.6) is 0 Å². The van der Waals surface area contributed by atoms with Crippen molar-refractivity contribution in [3.63, 3.8) is 0 Å². The van der Waals surface area contributed by atoms with Crippen molar-refractivity contribution in [3.05, 3.63) is 215 Å². The minimum absolute atomic E-state index is 0.102. The number of ether oxygens (including phenoxy) is 1. The van der Waals surface area contributed by atoms with Crippen LogP contribution >= 0.6 is 0 Å². The first-order valence-electron chi connectivity index (χ1n) is 31.4. The van der Waals surface area contributed by atoms with E-state index >= 15 is 0 Å². The molecule has 0 aliphatic carbocycles. The fraction of sp³-hybridized carbons (Fsp3) is 0.473. The first-order chi connectivity index (χ1) is 41.1. The largest absolute Gasteiger partial charge is 0.492 e. The first kappa shape index (κ1) is 74.5. The average molecular weight is 1250 g/mol. The fourth-order valence-electron chi connectivity index (χ4n) is 11.8. The van der Waals surface area contributed by atoms with Crippen LogP contribution < -0.4 is 11.1 Å². The van der Waals surface area contributed by atoms with Crippen LogP contribution in [0.4, 0.5) is 4.79 Å². The number of nitrogens with two attached hydrogens (primary N) is 1. The van der Waals surface area contributed by atoms with E-state index in [9.17, 15) is 14.4 Å². The highest BCUT2D eigenvalue weighted by atomic mass is 28.4. The minimum atomic E-state index is -3.26. The third-order valence-electron chi connectivity index (χ3n) is 15.3. The Bertz CT molecular complexity index is 2910. The molecule has 2 atom stereocenters. The average Bonchev–Trinajstić information content (AvgIpc) is 1.76. The number of carbonyl (C=O) groups is 3. The van der Waals surface area contributed by atoms with Gasteiger partial charge in [0.1, 0.15) is 18.7 Å². The van der Waals surface area contributed by atoms with E-state index in [2.05, 4.69) is 185 Å². The SMILES string of the molecule is CC(C)(C)[SiH](OCCc1ccccc1)C(C)(C)C.CC(C)(C)[Si](OCCc1ccccc1)(OC(=O)[C@@H](N)Cc1ccccc1)C(C)(C)C.CC(C)(C)[Si](OCCc1ccccc1)(OC(=O)[C@H](Cc1ccccc1)NC(=O)OCc1ccccc1)C(C)(C)C. The summed E-state index contributed by atoms with van der Waals surface area (Å²) in [5, 5.41) is 1.89. The number of hydrogen-bond donors (Lipinski definition) is 2. The van der Waals surface area contributed by atoms with E-state index in [1.807, 2.05) is 127 Å². The topological polar surface area (TPSA) is 145 Å². The molecular weight excluding hydrogens is 1150 g/mol. The first-order valence-corrected chi connectivity index (χ1v) is 36.6. The second kappa shape index (κ2) is 33.7.